The average molecular weight is 507 g/mol. The van der Waals surface area contributed by atoms with E-state index in [1.807, 2.05) is 13.8 Å². The molecule has 0 radical (unpaired) electrons. The number of halogens is 1. The van der Waals surface area contributed by atoms with Gasteiger partial charge < -0.3 is 15.8 Å². The molecule has 2 amide bonds. The number of carbonyl (C=O) groups excluding carboxylic acids is 3. The van der Waals surface area contributed by atoms with Gasteiger partial charge in [0.05, 0.1) is 10.7 Å². The minimum atomic E-state index is -0.703. The molecule has 1 saturated carbocycles. The number of hydrogen-bond donors (Lipinski definition) is 2. The monoisotopic (exact) mass is 506 g/mol. The summed E-state index contributed by atoms with van der Waals surface area (Å²) in [6, 6.07) is 3.97. The second-order valence-corrected chi connectivity index (χ2v) is 9.95. The van der Waals surface area contributed by atoms with Crippen molar-refractivity contribution in [2.45, 2.75) is 65.1 Å². The Morgan fingerprint density at radius 2 is 2.06 bits per heavy atom. The van der Waals surface area contributed by atoms with Gasteiger partial charge in [0.15, 0.2) is 11.5 Å². The second kappa shape index (κ2) is 12.3. The van der Waals surface area contributed by atoms with Crippen LogP contribution < -0.4 is 15.9 Å². The van der Waals surface area contributed by atoms with E-state index in [0.717, 1.165) is 19.3 Å². The van der Waals surface area contributed by atoms with Gasteiger partial charge in [0, 0.05) is 23.6 Å². The zero-order valence-corrected chi connectivity index (χ0v) is 21.0. The van der Waals surface area contributed by atoms with Crippen LogP contribution in [-0.4, -0.2) is 28.4 Å². The van der Waals surface area contributed by atoms with Gasteiger partial charge in [-0.1, -0.05) is 44.7 Å². The van der Waals surface area contributed by atoms with E-state index in [1.54, 1.807) is 28.3 Å². The van der Waals surface area contributed by atoms with Gasteiger partial charge in [-0.2, -0.15) is 4.99 Å². The summed E-state index contributed by atoms with van der Waals surface area (Å²) in [5.41, 5.74) is 6.66. The lowest BCUT2D eigenvalue weighted by molar-refractivity contribution is -0.150. The predicted molar refractivity (Wildman–Crippen MR) is 132 cm³/mol. The van der Waals surface area contributed by atoms with Crippen LogP contribution in [0.4, 0.5) is 5.69 Å². The van der Waals surface area contributed by atoms with Crippen LogP contribution in [0.25, 0.3) is 0 Å². The van der Waals surface area contributed by atoms with Crippen molar-refractivity contribution in [1.29, 1.82) is 0 Å². The van der Waals surface area contributed by atoms with Gasteiger partial charge in [-0.15, -0.1) is 11.3 Å². The first-order chi connectivity index (χ1) is 16.3. The van der Waals surface area contributed by atoms with Gasteiger partial charge >= 0.3 is 5.97 Å². The molecule has 34 heavy (non-hydrogen) atoms. The fourth-order valence-corrected chi connectivity index (χ4v) is 4.72. The topological polar surface area (TPSA) is 116 Å². The maximum Gasteiger partial charge on any atom is 0.324 e. The van der Waals surface area contributed by atoms with Crippen LogP contribution >= 0.6 is 22.9 Å². The van der Waals surface area contributed by atoms with Crippen LogP contribution in [0.5, 0.6) is 0 Å². The number of ether oxygens (including phenoxy) is 1. The number of nitrogens with zero attached hydrogens (tertiary/aromatic N) is 2. The highest BCUT2D eigenvalue weighted by atomic mass is 35.5. The van der Waals surface area contributed by atoms with Gasteiger partial charge in [-0.25, -0.2) is 0 Å². The maximum absolute atomic E-state index is 12.7. The molecule has 1 aromatic heterocycles. The summed E-state index contributed by atoms with van der Waals surface area (Å²) in [7, 11) is 0. The van der Waals surface area contributed by atoms with Crippen LogP contribution in [0, 0.1) is 11.8 Å². The molecular weight excluding hydrogens is 476 g/mol. The van der Waals surface area contributed by atoms with Crippen molar-refractivity contribution in [2.75, 3.05) is 5.32 Å². The Morgan fingerprint density at radius 3 is 2.74 bits per heavy atom. The van der Waals surface area contributed by atoms with E-state index in [2.05, 4.69) is 10.3 Å². The molecule has 1 heterocycles. The molecule has 2 aromatic rings. The summed E-state index contributed by atoms with van der Waals surface area (Å²) < 4.78 is 6.85. The van der Waals surface area contributed by atoms with Crippen LogP contribution in [0.3, 0.4) is 0 Å². The van der Waals surface area contributed by atoms with E-state index in [0.29, 0.717) is 22.8 Å². The number of esters is 1. The first-order valence-corrected chi connectivity index (χ1v) is 12.8. The Labute approximate surface area is 208 Å². The molecule has 3 rings (SSSR count). The predicted octanol–water partition coefficient (Wildman–Crippen LogP) is 4.34. The largest absolute Gasteiger partial charge is 0.443 e. The fraction of sp³-hybridized carbons (Fsp3) is 0.500. The zero-order valence-electron chi connectivity index (χ0n) is 19.5. The lowest BCUT2D eigenvalue weighted by Crippen LogP contribution is -2.38. The standard InChI is InChI=1S/C24H31ClN4O4S/c1-3-15(2)21(26)23(32)33-14-29-10-11-34-24(29)28-22(31)17-8-9-19(18(25)13-17)27-20(30)12-16-6-4-5-7-16/h8-11,13,15-16,21H,3-7,12,14,26H2,1-2H3,(H,27,30)/b28-24-. The van der Waals surface area contributed by atoms with Crippen molar-refractivity contribution in [3.05, 3.63) is 45.2 Å². The van der Waals surface area contributed by atoms with Crippen LogP contribution in [0.2, 0.25) is 5.02 Å². The van der Waals surface area contributed by atoms with E-state index in [1.165, 1.54) is 30.2 Å². The molecule has 2 unspecified atom stereocenters. The van der Waals surface area contributed by atoms with Gasteiger partial charge in [0.1, 0.15) is 6.04 Å². The van der Waals surface area contributed by atoms with Crippen LogP contribution in [0.15, 0.2) is 34.8 Å². The van der Waals surface area contributed by atoms with Crippen molar-refractivity contribution in [2.24, 2.45) is 22.6 Å². The van der Waals surface area contributed by atoms with Crippen molar-refractivity contribution >= 4 is 46.4 Å². The number of aromatic nitrogens is 1. The van der Waals surface area contributed by atoms with Gasteiger partial charge in [-0.05, 0) is 42.9 Å². The summed E-state index contributed by atoms with van der Waals surface area (Å²) in [4.78, 5) is 41.7. The Balaban J connectivity index is 1.63. The van der Waals surface area contributed by atoms with Crippen LogP contribution in [-0.2, 0) is 21.1 Å². The molecule has 1 fully saturated rings. The average Bonchev–Trinajstić information content (AvgIpc) is 3.49. The Morgan fingerprint density at radius 1 is 1.32 bits per heavy atom. The zero-order chi connectivity index (χ0) is 24.7. The molecular formula is C24H31ClN4O4S. The lowest BCUT2D eigenvalue weighted by Gasteiger charge is -2.16. The van der Waals surface area contributed by atoms with Crippen LogP contribution in [0.1, 0.15) is 62.7 Å². The third kappa shape index (κ3) is 7.01. The van der Waals surface area contributed by atoms with E-state index in [4.69, 9.17) is 22.1 Å². The van der Waals surface area contributed by atoms with Gasteiger partial charge in [0.25, 0.3) is 5.91 Å². The molecule has 10 heteroatoms. The molecule has 3 N–H and O–H groups in total. The number of carbonyl (C=O) groups is 3. The minimum Gasteiger partial charge on any atom is -0.443 e. The van der Waals surface area contributed by atoms with Crippen molar-refractivity contribution < 1.29 is 19.1 Å². The SMILES string of the molecule is CCC(C)C(N)C(=O)OCn1ccs/c1=N\C(=O)c1ccc(NC(=O)CC2CCCC2)c(Cl)c1. The Hall–Kier alpha value is -2.49. The third-order valence-electron chi connectivity index (χ3n) is 6.17. The number of rotatable bonds is 9. The molecule has 1 aliphatic carbocycles. The number of thiazole rings is 1. The molecule has 2 atom stereocenters. The normalized spacial score (nSPS) is 16.3. The number of nitrogens with one attached hydrogen (secondary N) is 1. The summed E-state index contributed by atoms with van der Waals surface area (Å²) >= 11 is 7.56. The molecule has 0 bridgehead atoms. The van der Waals surface area contributed by atoms with E-state index in [9.17, 15) is 14.4 Å². The first kappa shape index (κ1) is 26.1. The highest BCUT2D eigenvalue weighted by molar-refractivity contribution is 7.07. The highest BCUT2D eigenvalue weighted by Crippen LogP contribution is 2.29. The van der Waals surface area contributed by atoms with Crippen molar-refractivity contribution in [3.63, 3.8) is 0 Å². The van der Waals surface area contributed by atoms with Gasteiger partial charge in [-0.3, -0.25) is 19.0 Å². The number of anilines is 1. The highest BCUT2D eigenvalue weighted by Gasteiger charge is 2.21. The molecule has 1 aliphatic rings. The number of amides is 2. The van der Waals surface area contributed by atoms with E-state index in [-0.39, 0.29) is 29.1 Å². The summed E-state index contributed by atoms with van der Waals surface area (Å²) in [6.45, 7) is 3.75. The summed E-state index contributed by atoms with van der Waals surface area (Å²) in [5, 5.41) is 4.84. The van der Waals surface area contributed by atoms with E-state index < -0.39 is 17.9 Å². The first-order valence-electron chi connectivity index (χ1n) is 11.5. The third-order valence-corrected chi connectivity index (χ3v) is 7.28. The van der Waals surface area contributed by atoms with Crippen molar-refractivity contribution in [3.8, 4) is 0 Å². The molecule has 0 spiro atoms. The van der Waals surface area contributed by atoms with Crippen molar-refractivity contribution in [1.82, 2.24) is 4.57 Å². The molecule has 1 aromatic carbocycles. The molecule has 184 valence electrons. The van der Waals surface area contributed by atoms with Gasteiger partial charge in [0.2, 0.25) is 5.91 Å². The minimum absolute atomic E-state index is 0.00548. The Kier molecular flexibility index (Phi) is 9.44. The molecule has 8 nitrogen and oxygen atoms in total. The smallest absolute Gasteiger partial charge is 0.324 e. The molecule has 0 aliphatic heterocycles. The van der Waals surface area contributed by atoms with E-state index >= 15 is 0 Å². The summed E-state index contributed by atoms with van der Waals surface area (Å²) in [6.07, 6.45) is 7.45. The number of hydrogen-bond acceptors (Lipinski definition) is 6. The fourth-order valence-electron chi connectivity index (χ4n) is 3.78. The quantitative estimate of drug-likeness (QED) is 0.491. The molecule has 0 saturated heterocycles. The summed E-state index contributed by atoms with van der Waals surface area (Å²) in [5.74, 6) is -0.626. The maximum atomic E-state index is 12.7. The Bertz CT molecular complexity index is 1090. The number of benzene rings is 1. The lowest BCUT2D eigenvalue weighted by atomic mass is 10.0. The number of nitrogens with two attached hydrogens (primary N) is 1. The second-order valence-electron chi connectivity index (χ2n) is 8.67.